The van der Waals surface area contributed by atoms with E-state index in [2.05, 4.69) is 5.32 Å². The number of hydrogen-bond acceptors (Lipinski definition) is 3. The second-order valence-electron chi connectivity index (χ2n) is 4.73. The molecule has 0 bridgehead atoms. The first kappa shape index (κ1) is 15.1. The molecule has 1 amide bonds. The van der Waals surface area contributed by atoms with E-state index in [0.717, 1.165) is 16.8 Å². The fourth-order valence-electron chi connectivity index (χ4n) is 2.01. The second kappa shape index (κ2) is 7.45. The van der Waals surface area contributed by atoms with E-state index in [4.69, 9.17) is 9.84 Å². The third kappa shape index (κ3) is 4.33. The standard InChI is InChI=1S/C17H19NO3/c1-13-6-2-4-8-15(13)18-17(20)12-21-16-9-5-3-7-14(16)10-11-19/h2-9,19H,10-12H2,1H3,(H,18,20). The maximum atomic E-state index is 11.9. The lowest BCUT2D eigenvalue weighted by atomic mass is 10.1. The lowest BCUT2D eigenvalue weighted by Crippen LogP contribution is -2.21. The number of rotatable bonds is 6. The summed E-state index contributed by atoms with van der Waals surface area (Å²) >= 11 is 0. The predicted molar refractivity (Wildman–Crippen MR) is 82.5 cm³/mol. The van der Waals surface area contributed by atoms with Crippen molar-refractivity contribution in [3.63, 3.8) is 0 Å². The fourth-order valence-corrected chi connectivity index (χ4v) is 2.01. The van der Waals surface area contributed by atoms with Gasteiger partial charge in [0.15, 0.2) is 6.61 Å². The predicted octanol–water partition coefficient (Wildman–Crippen LogP) is 2.55. The van der Waals surface area contributed by atoms with Gasteiger partial charge >= 0.3 is 0 Å². The zero-order chi connectivity index (χ0) is 15.1. The summed E-state index contributed by atoms with van der Waals surface area (Å²) in [6.07, 6.45) is 0.510. The van der Waals surface area contributed by atoms with Crippen molar-refractivity contribution in [2.75, 3.05) is 18.5 Å². The van der Waals surface area contributed by atoms with Crippen molar-refractivity contribution in [2.24, 2.45) is 0 Å². The van der Waals surface area contributed by atoms with Gasteiger partial charge in [0.2, 0.25) is 0 Å². The van der Waals surface area contributed by atoms with Gasteiger partial charge in [0.25, 0.3) is 5.91 Å². The second-order valence-corrected chi connectivity index (χ2v) is 4.73. The normalized spacial score (nSPS) is 10.2. The van der Waals surface area contributed by atoms with Crippen LogP contribution in [0.15, 0.2) is 48.5 Å². The van der Waals surface area contributed by atoms with E-state index in [0.29, 0.717) is 12.2 Å². The summed E-state index contributed by atoms with van der Waals surface area (Å²) in [5.74, 6) is 0.426. The average molecular weight is 285 g/mol. The third-order valence-corrected chi connectivity index (χ3v) is 3.13. The highest BCUT2D eigenvalue weighted by atomic mass is 16.5. The van der Waals surface area contributed by atoms with Crippen LogP contribution in [-0.2, 0) is 11.2 Å². The molecule has 2 N–H and O–H groups in total. The van der Waals surface area contributed by atoms with Crippen LogP contribution in [0.1, 0.15) is 11.1 Å². The van der Waals surface area contributed by atoms with E-state index < -0.39 is 0 Å². The molecule has 0 atom stereocenters. The number of ether oxygens (including phenoxy) is 1. The summed E-state index contributed by atoms with van der Waals surface area (Å²) in [6.45, 7) is 1.93. The number of nitrogens with one attached hydrogen (secondary N) is 1. The number of amides is 1. The van der Waals surface area contributed by atoms with Gasteiger partial charge in [-0.25, -0.2) is 0 Å². The van der Waals surface area contributed by atoms with Gasteiger partial charge in [-0.1, -0.05) is 36.4 Å². The van der Waals surface area contributed by atoms with E-state index in [1.54, 1.807) is 6.07 Å². The van der Waals surface area contributed by atoms with Crippen molar-refractivity contribution in [3.8, 4) is 5.75 Å². The molecule has 0 fully saturated rings. The largest absolute Gasteiger partial charge is 0.483 e. The quantitative estimate of drug-likeness (QED) is 0.857. The van der Waals surface area contributed by atoms with Crippen LogP contribution in [0.4, 0.5) is 5.69 Å². The minimum absolute atomic E-state index is 0.0514. The molecule has 2 aromatic rings. The van der Waals surface area contributed by atoms with Crippen molar-refractivity contribution in [3.05, 3.63) is 59.7 Å². The summed E-state index contributed by atoms with van der Waals surface area (Å²) in [5, 5.41) is 11.8. The van der Waals surface area contributed by atoms with Crippen molar-refractivity contribution < 1.29 is 14.6 Å². The number of aliphatic hydroxyl groups is 1. The highest BCUT2D eigenvalue weighted by Crippen LogP contribution is 2.18. The van der Waals surface area contributed by atoms with Crippen LogP contribution in [0.2, 0.25) is 0 Å². The molecule has 0 aliphatic rings. The SMILES string of the molecule is Cc1ccccc1NC(=O)COc1ccccc1CCO. The van der Waals surface area contributed by atoms with Crippen LogP contribution in [0.3, 0.4) is 0 Å². The molecule has 0 aliphatic heterocycles. The number of para-hydroxylation sites is 2. The molecule has 21 heavy (non-hydrogen) atoms. The average Bonchev–Trinajstić information content (AvgIpc) is 2.49. The van der Waals surface area contributed by atoms with Gasteiger partial charge in [0.1, 0.15) is 5.75 Å². The van der Waals surface area contributed by atoms with Crippen molar-refractivity contribution in [1.82, 2.24) is 0 Å². The smallest absolute Gasteiger partial charge is 0.262 e. The molecule has 0 radical (unpaired) electrons. The van der Waals surface area contributed by atoms with E-state index in [1.807, 2.05) is 49.4 Å². The molecule has 110 valence electrons. The molecular weight excluding hydrogens is 266 g/mol. The van der Waals surface area contributed by atoms with E-state index in [-0.39, 0.29) is 19.1 Å². The van der Waals surface area contributed by atoms with Crippen LogP contribution in [0.25, 0.3) is 0 Å². The Morgan fingerprint density at radius 1 is 1.14 bits per heavy atom. The lowest BCUT2D eigenvalue weighted by molar-refractivity contribution is -0.118. The van der Waals surface area contributed by atoms with E-state index in [9.17, 15) is 4.79 Å². The molecule has 0 saturated heterocycles. The van der Waals surface area contributed by atoms with E-state index >= 15 is 0 Å². The summed E-state index contributed by atoms with van der Waals surface area (Å²) in [7, 11) is 0. The Morgan fingerprint density at radius 3 is 2.62 bits per heavy atom. The summed E-state index contributed by atoms with van der Waals surface area (Å²) in [5.41, 5.74) is 2.69. The Balaban J connectivity index is 1.94. The van der Waals surface area contributed by atoms with Gasteiger partial charge < -0.3 is 15.2 Å². The number of carbonyl (C=O) groups excluding carboxylic acids is 1. The first-order valence-electron chi connectivity index (χ1n) is 6.87. The highest BCUT2D eigenvalue weighted by molar-refractivity contribution is 5.92. The third-order valence-electron chi connectivity index (χ3n) is 3.13. The monoisotopic (exact) mass is 285 g/mol. The van der Waals surface area contributed by atoms with Crippen molar-refractivity contribution >= 4 is 11.6 Å². The number of carbonyl (C=O) groups is 1. The summed E-state index contributed by atoms with van der Waals surface area (Å²) in [6, 6.07) is 15.0. The molecule has 2 aromatic carbocycles. The fraction of sp³-hybridized carbons (Fsp3) is 0.235. The van der Waals surface area contributed by atoms with Crippen LogP contribution < -0.4 is 10.1 Å². The molecule has 0 aliphatic carbocycles. The first-order chi connectivity index (χ1) is 10.2. The topological polar surface area (TPSA) is 58.6 Å². The van der Waals surface area contributed by atoms with Gasteiger partial charge in [-0.05, 0) is 36.6 Å². The van der Waals surface area contributed by atoms with Crippen LogP contribution in [0, 0.1) is 6.92 Å². The van der Waals surface area contributed by atoms with Gasteiger partial charge in [0.05, 0.1) is 0 Å². The molecule has 0 heterocycles. The summed E-state index contributed by atoms with van der Waals surface area (Å²) in [4.78, 5) is 11.9. The molecular formula is C17H19NO3. The van der Waals surface area contributed by atoms with Crippen LogP contribution >= 0.6 is 0 Å². The maximum Gasteiger partial charge on any atom is 0.262 e. The number of aryl methyl sites for hydroxylation is 1. The first-order valence-corrected chi connectivity index (χ1v) is 6.87. The Bertz CT molecular complexity index is 610. The number of hydrogen-bond donors (Lipinski definition) is 2. The van der Waals surface area contributed by atoms with Gasteiger partial charge in [-0.15, -0.1) is 0 Å². The van der Waals surface area contributed by atoms with Crippen molar-refractivity contribution in [2.45, 2.75) is 13.3 Å². The molecule has 4 heteroatoms. The van der Waals surface area contributed by atoms with E-state index in [1.165, 1.54) is 0 Å². The van der Waals surface area contributed by atoms with Crippen LogP contribution in [0.5, 0.6) is 5.75 Å². The molecule has 0 spiro atoms. The number of aliphatic hydroxyl groups excluding tert-OH is 1. The zero-order valence-corrected chi connectivity index (χ0v) is 12.0. The Labute approximate surface area is 124 Å². The molecule has 0 aromatic heterocycles. The molecule has 0 saturated carbocycles. The molecule has 2 rings (SSSR count). The van der Waals surface area contributed by atoms with Crippen LogP contribution in [-0.4, -0.2) is 24.2 Å². The van der Waals surface area contributed by atoms with Crippen molar-refractivity contribution in [1.29, 1.82) is 0 Å². The minimum Gasteiger partial charge on any atom is -0.483 e. The Kier molecular flexibility index (Phi) is 5.35. The Morgan fingerprint density at radius 2 is 1.86 bits per heavy atom. The molecule has 0 unspecified atom stereocenters. The van der Waals surface area contributed by atoms with Gasteiger partial charge in [-0.2, -0.15) is 0 Å². The zero-order valence-electron chi connectivity index (χ0n) is 12.0. The number of anilines is 1. The van der Waals surface area contributed by atoms with Gasteiger partial charge in [0, 0.05) is 12.3 Å². The molecule has 4 nitrogen and oxygen atoms in total. The maximum absolute atomic E-state index is 11.9. The minimum atomic E-state index is -0.205. The lowest BCUT2D eigenvalue weighted by Gasteiger charge is -2.12. The highest BCUT2D eigenvalue weighted by Gasteiger charge is 2.07. The Hall–Kier alpha value is -2.33. The van der Waals surface area contributed by atoms with Gasteiger partial charge in [-0.3, -0.25) is 4.79 Å². The summed E-state index contributed by atoms with van der Waals surface area (Å²) < 4.78 is 5.54. The number of benzene rings is 2.